The molecule has 0 unspecified atom stereocenters. The van der Waals surface area contributed by atoms with E-state index in [1.165, 1.54) is 0 Å². The Morgan fingerprint density at radius 3 is 2.64 bits per heavy atom. The Bertz CT molecular complexity index is 238. The Labute approximate surface area is 80.4 Å². The smallest absolute Gasteiger partial charge is 0.374 e. The van der Waals surface area contributed by atoms with Gasteiger partial charge >= 0.3 is 5.97 Å². The molecule has 0 bridgehead atoms. The van der Waals surface area contributed by atoms with Gasteiger partial charge in [-0.2, -0.15) is 0 Å². The summed E-state index contributed by atoms with van der Waals surface area (Å²) in [7, 11) is 0. The number of aliphatic hydroxyl groups is 2. The molecule has 1 saturated heterocycles. The van der Waals surface area contributed by atoms with Gasteiger partial charge in [0.05, 0.1) is 13.2 Å². The number of hydrogen-bond donors (Lipinski definition) is 2. The number of ether oxygens (including phenoxy) is 2. The Morgan fingerprint density at radius 1 is 1.57 bits per heavy atom. The van der Waals surface area contributed by atoms with Gasteiger partial charge in [0.25, 0.3) is 0 Å². The van der Waals surface area contributed by atoms with Crippen LogP contribution < -0.4 is 0 Å². The lowest BCUT2D eigenvalue weighted by Gasteiger charge is -2.15. The lowest BCUT2D eigenvalue weighted by molar-refractivity contribution is -0.160. The van der Waals surface area contributed by atoms with E-state index in [1.807, 2.05) is 0 Å². The standard InChI is InChI=1S/C8H12O6/c1-4(10)8(12)14-6-3-13-5(2-9)7(6)11/h5-7,9,11H,2-3H2,1H3/t5-,6+,7+/m1/s1. The molecule has 1 heterocycles. The van der Waals surface area contributed by atoms with Crippen LogP contribution >= 0.6 is 0 Å². The van der Waals surface area contributed by atoms with E-state index in [1.54, 1.807) is 0 Å². The lowest BCUT2D eigenvalue weighted by Crippen LogP contribution is -2.36. The SMILES string of the molecule is CC(=O)C(=O)O[C@H]1CO[C@H](CO)[C@@H]1O. The van der Waals surface area contributed by atoms with Gasteiger partial charge in [0, 0.05) is 6.92 Å². The zero-order chi connectivity index (χ0) is 10.7. The Kier molecular flexibility index (Phi) is 3.56. The predicted octanol–water partition coefficient (Wildman–Crippen LogP) is -1.76. The van der Waals surface area contributed by atoms with Crippen LogP contribution in [0.1, 0.15) is 6.92 Å². The highest BCUT2D eigenvalue weighted by molar-refractivity contribution is 6.32. The molecule has 0 amide bonds. The summed E-state index contributed by atoms with van der Waals surface area (Å²) in [6.07, 6.45) is -2.70. The van der Waals surface area contributed by atoms with Crippen LogP contribution in [0.15, 0.2) is 0 Å². The molecule has 2 N–H and O–H groups in total. The average Bonchev–Trinajstić information content (AvgIpc) is 2.47. The molecule has 6 nitrogen and oxygen atoms in total. The molecule has 0 saturated carbocycles. The summed E-state index contributed by atoms with van der Waals surface area (Å²) in [5, 5.41) is 18.1. The Morgan fingerprint density at radius 2 is 2.21 bits per heavy atom. The molecule has 80 valence electrons. The van der Waals surface area contributed by atoms with Crippen molar-refractivity contribution >= 4 is 11.8 Å². The second kappa shape index (κ2) is 4.50. The number of Topliss-reactive ketones (excluding diaryl/α,β-unsaturated/α-hetero) is 1. The van der Waals surface area contributed by atoms with E-state index < -0.39 is 30.1 Å². The molecule has 6 heteroatoms. The van der Waals surface area contributed by atoms with E-state index in [0.29, 0.717) is 0 Å². The lowest BCUT2D eigenvalue weighted by atomic mass is 10.1. The molecular weight excluding hydrogens is 192 g/mol. The summed E-state index contributed by atoms with van der Waals surface area (Å²) >= 11 is 0. The Balaban J connectivity index is 2.48. The zero-order valence-electron chi connectivity index (χ0n) is 7.67. The second-order valence-electron chi connectivity index (χ2n) is 3.04. The maximum Gasteiger partial charge on any atom is 0.374 e. The van der Waals surface area contributed by atoms with Crippen LogP contribution in [0.25, 0.3) is 0 Å². The third kappa shape index (κ3) is 2.28. The number of carbonyl (C=O) groups excluding carboxylic acids is 2. The summed E-state index contributed by atoms with van der Waals surface area (Å²) in [4.78, 5) is 21.4. The summed E-state index contributed by atoms with van der Waals surface area (Å²) in [5.74, 6) is -1.74. The van der Waals surface area contributed by atoms with E-state index in [4.69, 9.17) is 9.84 Å². The van der Waals surface area contributed by atoms with Gasteiger partial charge in [-0.05, 0) is 0 Å². The normalized spacial score (nSPS) is 31.5. The van der Waals surface area contributed by atoms with Gasteiger partial charge in [0.2, 0.25) is 5.78 Å². The van der Waals surface area contributed by atoms with Crippen molar-refractivity contribution in [2.24, 2.45) is 0 Å². The molecule has 0 aromatic rings. The summed E-state index contributed by atoms with van der Waals surface area (Å²) < 4.78 is 9.56. The monoisotopic (exact) mass is 204 g/mol. The van der Waals surface area contributed by atoms with Gasteiger partial charge in [-0.25, -0.2) is 4.79 Å². The fourth-order valence-corrected chi connectivity index (χ4v) is 1.14. The third-order valence-electron chi connectivity index (χ3n) is 1.96. The number of esters is 1. The van der Waals surface area contributed by atoms with E-state index in [9.17, 15) is 14.7 Å². The van der Waals surface area contributed by atoms with Crippen molar-refractivity contribution in [3.05, 3.63) is 0 Å². The number of aliphatic hydroxyl groups excluding tert-OH is 2. The first-order valence-corrected chi connectivity index (χ1v) is 4.18. The molecule has 1 aliphatic heterocycles. The fraction of sp³-hybridized carbons (Fsp3) is 0.750. The van der Waals surface area contributed by atoms with Crippen molar-refractivity contribution in [2.75, 3.05) is 13.2 Å². The minimum absolute atomic E-state index is 0.00852. The highest BCUT2D eigenvalue weighted by Gasteiger charge is 2.38. The fourth-order valence-electron chi connectivity index (χ4n) is 1.14. The first-order chi connectivity index (χ1) is 6.56. The number of rotatable bonds is 3. The molecule has 1 rings (SSSR count). The van der Waals surface area contributed by atoms with Crippen LogP contribution in [0.2, 0.25) is 0 Å². The highest BCUT2D eigenvalue weighted by atomic mass is 16.6. The van der Waals surface area contributed by atoms with Crippen molar-refractivity contribution in [1.29, 1.82) is 0 Å². The van der Waals surface area contributed by atoms with Crippen molar-refractivity contribution in [2.45, 2.75) is 25.2 Å². The van der Waals surface area contributed by atoms with E-state index in [2.05, 4.69) is 4.74 Å². The highest BCUT2D eigenvalue weighted by Crippen LogP contribution is 2.16. The van der Waals surface area contributed by atoms with Crippen LogP contribution in [0.5, 0.6) is 0 Å². The van der Waals surface area contributed by atoms with Gasteiger partial charge in [0.1, 0.15) is 12.2 Å². The van der Waals surface area contributed by atoms with Gasteiger partial charge in [-0.15, -0.1) is 0 Å². The van der Waals surface area contributed by atoms with Crippen LogP contribution in [0, 0.1) is 0 Å². The van der Waals surface area contributed by atoms with Crippen molar-refractivity contribution in [3.63, 3.8) is 0 Å². The van der Waals surface area contributed by atoms with Crippen LogP contribution in [0.3, 0.4) is 0 Å². The molecule has 1 fully saturated rings. The van der Waals surface area contributed by atoms with Gasteiger partial charge < -0.3 is 19.7 Å². The summed E-state index contributed by atoms with van der Waals surface area (Å²) in [5.41, 5.74) is 0. The molecule has 0 aliphatic carbocycles. The van der Waals surface area contributed by atoms with Gasteiger partial charge in [0.15, 0.2) is 6.10 Å². The maximum absolute atomic E-state index is 10.8. The topological polar surface area (TPSA) is 93.1 Å². The zero-order valence-corrected chi connectivity index (χ0v) is 7.67. The molecule has 0 radical (unpaired) electrons. The van der Waals surface area contributed by atoms with Gasteiger partial charge in [-0.3, -0.25) is 4.79 Å². The molecule has 1 aliphatic rings. The first kappa shape index (κ1) is 11.1. The summed E-state index contributed by atoms with van der Waals surface area (Å²) in [6.45, 7) is 0.717. The number of carbonyl (C=O) groups is 2. The van der Waals surface area contributed by atoms with Crippen LogP contribution in [-0.4, -0.2) is 53.5 Å². The molecule has 14 heavy (non-hydrogen) atoms. The van der Waals surface area contributed by atoms with Crippen molar-refractivity contribution in [3.8, 4) is 0 Å². The minimum atomic E-state index is -1.08. The van der Waals surface area contributed by atoms with E-state index in [0.717, 1.165) is 6.92 Å². The second-order valence-corrected chi connectivity index (χ2v) is 3.04. The van der Waals surface area contributed by atoms with E-state index >= 15 is 0 Å². The molecular formula is C8H12O6. The van der Waals surface area contributed by atoms with Crippen molar-refractivity contribution < 1.29 is 29.3 Å². The summed E-state index contributed by atoms with van der Waals surface area (Å²) in [6, 6.07) is 0. The van der Waals surface area contributed by atoms with E-state index in [-0.39, 0.29) is 13.2 Å². The predicted molar refractivity (Wildman–Crippen MR) is 43.4 cm³/mol. The quantitative estimate of drug-likeness (QED) is 0.418. The first-order valence-electron chi connectivity index (χ1n) is 4.18. The molecule has 0 aromatic carbocycles. The molecule has 0 aromatic heterocycles. The van der Waals surface area contributed by atoms with Gasteiger partial charge in [-0.1, -0.05) is 0 Å². The third-order valence-corrected chi connectivity index (χ3v) is 1.96. The maximum atomic E-state index is 10.8. The van der Waals surface area contributed by atoms with Crippen molar-refractivity contribution in [1.82, 2.24) is 0 Å². The molecule has 3 atom stereocenters. The largest absolute Gasteiger partial charge is 0.451 e. The number of ketones is 1. The Hall–Kier alpha value is -0.980. The average molecular weight is 204 g/mol. The number of hydrogen-bond acceptors (Lipinski definition) is 6. The van der Waals surface area contributed by atoms with Crippen LogP contribution in [-0.2, 0) is 19.1 Å². The van der Waals surface area contributed by atoms with Crippen LogP contribution in [0.4, 0.5) is 0 Å². The minimum Gasteiger partial charge on any atom is -0.451 e. The molecule has 0 spiro atoms.